The van der Waals surface area contributed by atoms with E-state index in [0.29, 0.717) is 30.3 Å². The number of aliphatic hydroxyl groups is 2. The number of carbonyl (C=O) groups excluding carboxylic acids is 2. The summed E-state index contributed by atoms with van der Waals surface area (Å²) in [5, 5.41) is 20.5. The van der Waals surface area contributed by atoms with E-state index < -0.39 is 44.7 Å². The summed E-state index contributed by atoms with van der Waals surface area (Å²) in [7, 11) is 1.39. The molecule has 1 unspecified atom stereocenters. The Morgan fingerprint density at radius 2 is 1.11 bits per heavy atom. The van der Waals surface area contributed by atoms with Gasteiger partial charge in [-0.25, -0.2) is 4.57 Å². The van der Waals surface area contributed by atoms with Crippen molar-refractivity contribution in [2.24, 2.45) is 0 Å². The lowest BCUT2D eigenvalue weighted by Gasteiger charge is -2.24. The molecule has 0 aliphatic rings. The van der Waals surface area contributed by atoms with E-state index in [4.69, 9.17) is 18.5 Å². The van der Waals surface area contributed by atoms with E-state index in [1.54, 1.807) is 0 Å². The molecule has 4 atom stereocenters. The van der Waals surface area contributed by atoms with Gasteiger partial charge in [0.15, 0.2) is 6.10 Å². The van der Waals surface area contributed by atoms with Gasteiger partial charge in [0, 0.05) is 12.8 Å². The number of phosphoric ester groups is 1. The Labute approximate surface area is 336 Å². The number of allylic oxidation sites excluding steroid dienone is 1. The Hall–Kier alpha value is -1.33. The lowest BCUT2D eigenvalue weighted by molar-refractivity contribution is -0.870. The molecule has 0 heterocycles. The number of likely N-dealkylation sites (N-methyl/N-ethyl adjacent to an activating group) is 1. The molecule has 11 nitrogen and oxygen atoms in total. The number of phosphoric acid groups is 1. The van der Waals surface area contributed by atoms with Crippen LogP contribution in [0.3, 0.4) is 0 Å². The second-order valence-corrected chi connectivity index (χ2v) is 17.9. The maximum absolute atomic E-state index is 12.7. The molecule has 326 valence electrons. The van der Waals surface area contributed by atoms with E-state index in [9.17, 15) is 29.3 Å². The fourth-order valence-electron chi connectivity index (χ4n) is 6.10. The summed E-state index contributed by atoms with van der Waals surface area (Å²) in [6.07, 6.45) is 28.5. The van der Waals surface area contributed by atoms with Crippen LogP contribution in [0, 0.1) is 0 Å². The Bertz CT molecular complexity index is 989. The molecule has 0 aliphatic carbocycles. The van der Waals surface area contributed by atoms with Crippen LogP contribution < -0.4 is 0 Å². The molecule has 3 N–H and O–H groups in total. The lowest BCUT2D eigenvalue weighted by atomic mass is 10.0. The molecule has 0 bridgehead atoms. The average molecular weight is 807 g/mol. The lowest BCUT2D eigenvalue weighted by Crippen LogP contribution is -2.37. The normalized spacial score (nSPS) is 14.8. The number of aliphatic hydroxyl groups excluding tert-OH is 2. The predicted molar refractivity (Wildman–Crippen MR) is 223 cm³/mol. The van der Waals surface area contributed by atoms with Gasteiger partial charge >= 0.3 is 19.8 Å². The van der Waals surface area contributed by atoms with E-state index >= 15 is 0 Å². The van der Waals surface area contributed by atoms with Crippen LogP contribution in [0.4, 0.5) is 0 Å². The number of carbonyl (C=O) groups is 2. The van der Waals surface area contributed by atoms with Crippen molar-refractivity contribution >= 4 is 19.8 Å². The second kappa shape index (κ2) is 35.8. The molecule has 0 rings (SSSR count). The van der Waals surface area contributed by atoms with Crippen molar-refractivity contribution < 1.29 is 52.3 Å². The largest absolute Gasteiger partial charge is 0.472 e. The maximum atomic E-state index is 12.7. The van der Waals surface area contributed by atoms with E-state index in [2.05, 4.69) is 19.9 Å². The van der Waals surface area contributed by atoms with Gasteiger partial charge < -0.3 is 29.1 Å². The molecule has 0 radical (unpaired) electrons. The SMILES string of the molecule is CCCCC/C=C\C[C@H](O)[C@@H](O)CCCCCCCC(=O)O[C@H](COC(=O)CCCCCCCCCCCCCCCC)COP(=O)(O)OCC[N+](C)(C)C. The molecule has 0 saturated carbocycles. The van der Waals surface area contributed by atoms with Crippen molar-refractivity contribution in [2.45, 2.75) is 206 Å². The quantitative estimate of drug-likeness (QED) is 0.0180. The average Bonchev–Trinajstić information content (AvgIpc) is 3.13. The molecule has 0 aromatic heterocycles. The van der Waals surface area contributed by atoms with Crippen molar-refractivity contribution in [3.05, 3.63) is 12.2 Å². The summed E-state index contributed by atoms with van der Waals surface area (Å²) in [5.74, 6) is -0.903. The zero-order chi connectivity index (χ0) is 41.0. The summed E-state index contributed by atoms with van der Waals surface area (Å²) in [6.45, 7) is 4.19. The molecule has 0 saturated heterocycles. The third-order valence-corrected chi connectivity index (χ3v) is 10.7. The highest BCUT2D eigenvalue weighted by Gasteiger charge is 2.27. The molecule has 55 heavy (non-hydrogen) atoms. The molecular weight excluding hydrogens is 721 g/mol. The second-order valence-electron chi connectivity index (χ2n) is 16.4. The van der Waals surface area contributed by atoms with Crippen LogP contribution in [0.2, 0.25) is 0 Å². The van der Waals surface area contributed by atoms with Gasteiger partial charge in [-0.3, -0.25) is 18.6 Å². The summed E-state index contributed by atoms with van der Waals surface area (Å²) in [4.78, 5) is 35.3. The summed E-state index contributed by atoms with van der Waals surface area (Å²) in [5.41, 5.74) is 0. The van der Waals surface area contributed by atoms with E-state index in [1.807, 2.05) is 27.2 Å². The standard InChI is InChI=1S/C43H84NO10P/c1-6-8-10-12-14-15-16-17-18-19-20-21-25-29-33-42(47)51-37-39(38-53-55(49,50)52-36-35-44(3,4)5)54-43(48)34-30-26-22-24-28-32-41(46)40(45)31-27-23-13-11-9-7-2/h23,27,39-41,45-46H,6-22,24-26,28-38H2,1-5H3/p+1/b27-23-/t39-,40+,41+/m1/s1. The van der Waals surface area contributed by atoms with Crippen molar-refractivity contribution in [3.8, 4) is 0 Å². The summed E-state index contributed by atoms with van der Waals surface area (Å²) >= 11 is 0. The zero-order valence-electron chi connectivity index (χ0n) is 35.9. The Balaban J connectivity index is 4.47. The number of quaternary nitrogens is 1. The molecule has 12 heteroatoms. The smallest absolute Gasteiger partial charge is 0.462 e. The Morgan fingerprint density at radius 1 is 0.618 bits per heavy atom. The van der Waals surface area contributed by atoms with Crippen LogP contribution in [-0.2, 0) is 32.7 Å². The molecule has 0 fully saturated rings. The predicted octanol–water partition coefficient (Wildman–Crippen LogP) is 10.1. The van der Waals surface area contributed by atoms with Crippen LogP contribution in [0.25, 0.3) is 0 Å². The van der Waals surface area contributed by atoms with Crippen molar-refractivity contribution in [2.75, 3.05) is 47.5 Å². The van der Waals surface area contributed by atoms with Crippen molar-refractivity contribution in [1.29, 1.82) is 0 Å². The van der Waals surface area contributed by atoms with Crippen LogP contribution >= 0.6 is 7.82 Å². The summed E-state index contributed by atoms with van der Waals surface area (Å²) in [6, 6.07) is 0. The highest BCUT2D eigenvalue weighted by atomic mass is 31.2. The fourth-order valence-corrected chi connectivity index (χ4v) is 6.84. The first-order chi connectivity index (χ1) is 26.3. The van der Waals surface area contributed by atoms with Gasteiger partial charge in [0.1, 0.15) is 19.8 Å². The molecule has 0 spiro atoms. The van der Waals surface area contributed by atoms with Gasteiger partial charge in [-0.1, -0.05) is 148 Å². The third kappa shape index (κ3) is 38.0. The van der Waals surface area contributed by atoms with E-state index in [0.717, 1.165) is 57.8 Å². The first kappa shape index (κ1) is 53.7. The number of hydrogen-bond donors (Lipinski definition) is 3. The molecule has 0 aromatic carbocycles. The molecule has 0 aliphatic heterocycles. The number of unbranched alkanes of at least 4 members (excludes halogenated alkanes) is 20. The van der Waals surface area contributed by atoms with Crippen LogP contribution in [0.5, 0.6) is 0 Å². The fraction of sp³-hybridized carbons (Fsp3) is 0.907. The first-order valence-corrected chi connectivity index (χ1v) is 23.6. The monoisotopic (exact) mass is 807 g/mol. The Kier molecular flexibility index (Phi) is 34.9. The topological polar surface area (TPSA) is 149 Å². The van der Waals surface area contributed by atoms with Gasteiger partial charge in [-0.05, 0) is 38.5 Å². The van der Waals surface area contributed by atoms with Gasteiger partial charge in [0.05, 0.1) is 40.0 Å². The number of ether oxygens (including phenoxy) is 2. The van der Waals surface area contributed by atoms with Gasteiger partial charge in [-0.15, -0.1) is 0 Å². The minimum Gasteiger partial charge on any atom is -0.462 e. The highest BCUT2D eigenvalue weighted by Crippen LogP contribution is 2.43. The number of esters is 2. The van der Waals surface area contributed by atoms with Crippen LogP contribution in [-0.4, -0.2) is 97.3 Å². The third-order valence-electron chi connectivity index (χ3n) is 9.75. The maximum Gasteiger partial charge on any atom is 0.472 e. The van der Waals surface area contributed by atoms with Crippen LogP contribution in [0.1, 0.15) is 187 Å². The van der Waals surface area contributed by atoms with E-state index in [1.165, 1.54) is 83.5 Å². The minimum absolute atomic E-state index is 0.00594. The molecular formula is C43H85NO10P+. The van der Waals surface area contributed by atoms with Crippen molar-refractivity contribution in [3.63, 3.8) is 0 Å². The van der Waals surface area contributed by atoms with Gasteiger partial charge in [0.2, 0.25) is 0 Å². The zero-order valence-corrected chi connectivity index (χ0v) is 36.8. The van der Waals surface area contributed by atoms with Crippen molar-refractivity contribution in [1.82, 2.24) is 0 Å². The number of hydrogen-bond acceptors (Lipinski definition) is 9. The van der Waals surface area contributed by atoms with Gasteiger partial charge in [0.25, 0.3) is 0 Å². The Morgan fingerprint density at radius 3 is 1.65 bits per heavy atom. The van der Waals surface area contributed by atoms with Crippen LogP contribution in [0.15, 0.2) is 12.2 Å². The highest BCUT2D eigenvalue weighted by molar-refractivity contribution is 7.47. The number of nitrogens with zero attached hydrogens (tertiary/aromatic N) is 1. The van der Waals surface area contributed by atoms with Gasteiger partial charge in [-0.2, -0.15) is 0 Å². The summed E-state index contributed by atoms with van der Waals surface area (Å²) < 4.78 is 34.2. The molecule has 0 aromatic rings. The minimum atomic E-state index is -4.41. The molecule has 0 amide bonds. The van der Waals surface area contributed by atoms with E-state index in [-0.39, 0.29) is 26.1 Å². The first-order valence-electron chi connectivity index (χ1n) is 22.1. The number of rotatable bonds is 40.